The molecular formula is C14H10F4O3. The van der Waals surface area contributed by atoms with Crippen LogP contribution in [-0.2, 0) is 0 Å². The van der Waals surface area contributed by atoms with Crippen molar-refractivity contribution in [3.8, 4) is 28.4 Å². The summed E-state index contributed by atoms with van der Waals surface area (Å²) in [6.07, 6.45) is -4.89. The van der Waals surface area contributed by atoms with Gasteiger partial charge in [-0.05, 0) is 35.9 Å². The number of ether oxygens (including phenoxy) is 2. The summed E-state index contributed by atoms with van der Waals surface area (Å²) >= 11 is 0. The Kier molecular flexibility index (Phi) is 3.93. The molecule has 1 N–H and O–H groups in total. The van der Waals surface area contributed by atoms with Crippen LogP contribution in [0.2, 0.25) is 0 Å². The van der Waals surface area contributed by atoms with Crippen molar-refractivity contribution in [2.24, 2.45) is 0 Å². The van der Waals surface area contributed by atoms with Gasteiger partial charge >= 0.3 is 6.36 Å². The first kappa shape index (κ1) is 15.0. The van der Waals surface area contributed by atoms with Gasteiger partial charge in [0.1, 0.15) is 23.1 Å². The number of rotatable bonds is 3. The SMILES string of the molecule is COc1ccc(F)cc1-c1cc(O)cc(OC(F)(F)F)c1. The summed E-state index contributed by atoms with van der Waals surface area (Å²) in [6.45, 7) is 0. The lowest BCUT2D eigenvalue weighted by Gasteiger charge is -2.13. The van der Waals surface area contributed by atoms with E-state index in [9.17, 15) is 22.7 Å². The summed E-state index contributed by atoms with van der Waals surface area (Å²) in [5, 5.41) is 9.50. The van der Waals surface area contributed by atoms with Crippen molar-refractivity contribution in [3.05, 3.63) is 42.2 Å². The van der Waals surface area contributed by atoms with E-state index in [4.69, 9.17) is 4.74 Å². The maximum absolute atomic E-state index is 13.3. The molecule has 0 aliphatic heterocycles. The lowest BCUT2D eigenvalue weighted by Crippen LogP contribution is -2.17. The van der Waals surface area contributed by atoms with E-state index in [1.165, 1.54) is 19.2 Å². The minimum Gasteiger partial charge on any atom is -0.508 e. The average molecular weight is 302 g/mol. The zero-order valence-electron chi connectivity index (χ0n) is 10.7. The van der Waals surface area contributed by atoms with Crippen LogP contribution in [-0.4, -0.2) is 18.6 Å². The first-order chi connectivity index (χ1) is 9.78. The van der Waals surface area contributed by atoms with E-state index in [0.29, 0.717) is 0 Å². The van der Waals surface area contributed by atoms with Crippen molar-refractivity contribution in [3.63, 3.8) is 0 Å². The fraction of sp³-hybridized carbons (Fsp3) is 0.143. The van der Waals surface area contributed by atoms with Gasteiger partial charge in [-0.1, -0.05) is 0 Å². The van der Waals surface area contributed by atoms with E-state index in [1.54, 1.807) is 0 Å². The van der Waals surface area contributed by atoms with Crippen molar-refractivity contribution in [2.75, 3.05) is 7.11 Å². The number of hydrogen-bond acceptors (Lipinski definition) is 3. The number of benzene rings is 2. The van der Waals surface area contributed by atoms with Crippen molar-refractivity contribution in [1.82, 2.24) is 0 Å². The molecule has 0 heterocycles. The molecule has 0 amide bonds. The van der Waals surface area contributed by atoms with Gasteiger partial charge in [-0.2, -0.15) is 0 Å². The average Bonchev–Trinajstić information content (AvgIpc) is 2.35. The molecule has 2 rings (SSSR count). The largest absolute Gasteiger partial charge is 0.573 e. The summed E-state index contributed by atoms with van der Waals surface area (Å²) < 4.78 is 58.8. The maximum atomic E-state index is 13.3. The van der Waals surface area contributed by atoms with E-state index in [0.717, 1.165) is 24.3 Å². The smallest absolute Gasteiger partial charge is 0.508 e. The van der Waals surface area contributed by atoms with Crippen LogP contribution in [0.15, 0.2) is 36.4 Å². The molecule has 0 atom stereocenters. The van der Waals surface area contributed by atoms with Crippen LogP contribution in [0.1, 0.15) is 0 Å². The van der Waals surface area contributed by atoms with Gasteiger partial charge in [0.25, 0.3) is 0 Å². The molecule has 21 heavy (non-hydrogen) atoms. The summed E-state index contributed by atoms with van der Waals surface area (Å²) in [5.74, 6) is -1.39. The molecule has 2 aromatic rings. The first-order valence-electron chi connectivity index (χ1n) is 5.72. The molecular weight excluding hydrogens is 292 g/mol. The van der Waals surface area contributed by atoms with Crippen LogP contribution >= 0.6 is 0 Å². The molecule has 7 heteroatoms. The lowest BCUT2D eigenvalue weighted by molar-refractivity contribution is -0.274. The summed E-state index contributed by atoms with van der Waals surface area (Å²) in [5.41, 5.74) is 0.325. The Morgan fingerprint density at radius 2 is 1.76 bits per heavy atom. The predicted molar refractivity (Wildman–Crippen MR) is 66.7 cm³/mol. The number of methoxy groups -OCH3 is 1. The molecule has 0 radical (unpaired) electrons. The quantitative estimate of drug-likeness (QED) is 0.867. The first-order valence-corrected chi connectivity index (χ1v) is 5.72. The maximum Gasteiger partial charge on any atom is 0.573 e. The number of phenols is 1. The van der Waals surface area contributed by atoms with Gasteiger partial charge in [-0.25, -0.2) is 4.39 Å². The number of halogens is 4. The normalized spacial score (nSPS) is 11.3. The predicted octanol–water partition coefficient (Wildman–Crippen LogP) is 4.11. The fourth-order valence-corrected chi connectivity index (χ4v) is 1.84. The summed E-state index contributed by atoms with van der Waals surface area (Å²) in [4.78, 5) is 0. The molecule has 0 saturated carbocycles. The van der Waals surface area contributed by atoms with Crippen LogP contribution in [0.4, 0.5) is 17.6 Å². The minimum absolute atomic E-state index is 0.130. The van der Waals surface area contributed by atoms with E-state index in [2.05, 4.69) is 4.74 Å². The van der Waals surface area contributed by atoms with E-state index >= 15 is 0 Å². The summed E-state index contributed by atoms with van der Waals surface area (Å²) in [6, 6.07) is 6.59. The Labute approximate surface area is 117 Å². The highest BCUT2D eigenvalue weighted by Crippen LogP contribution is 2.36. The van der Waals surface area contributed by atoms with Crippen molar-refractivity contribution >= 4 is 0 Å². The van der Waals surface area contributed by atoms with Gasteiger partial charge in [-0.3, -0.25) is 0 Å². The van der Waals surface area contributed by atoms with Crippen molar-refractivity contribution < 1.29 is 32.1 Å². The van der Waals surface area contributed by atoms with Gasteiger partial charge in [0.2, 0.25) is 0 Å². The third kappa shape index (κ3) is 3.77. The third-order valence-electron chi connectivity index (χ3n) is 2.60. The van der Waals surface area contributed by atoms with Crippen LogP contribution in [0.5, 0.6) is 17.2 Å². The van der Waals surface area contributed by atoms with Crippen LogP contribution < -0.4 is 9.47 Å². The highest BCUT2D eigenvalue weighted by Gasteiger charge is 2.31. The molecule has 0 spiro atoms. The van der Waals surface area contributed by atoms with Gasteiger partial charge in [0.05, 0.1) is 7.11 Å². The van der Waals surface area contributed by atoms with Gasteiger partial charge in [-0.15, -0.1) is 13.2 Å². The third-order valence-corrected chi connectivity index (χ3v) is 2.60. The van der Waals surface area contributed by atoms with Gasteiger partial charge in [0.15, 0.2) is 0 Å². The summed E-state index contributed by atoms with van der Waals surface area (Å²) in [7, 11) is 1.34. The van der Waals surface area contributed by atoms with Crippen LogP contribution in [0.3, 0.4) is 0 Å². The lowest BCUT2D eigenvalue weighted by atomic mass is 10.0. The molecule has 0 saturated heterocycles. The van der Waals surface area contributed by atoms with E-state index < -0.39 is 23.7 Å². The van der Waals surface area contributed by atoms with Crippen LogP contribution in [0, 0.1) is 5.82 Å². The zero-order chi connectivity index (χ0) is 15.6. The molecule has 3 nitrogen and oxygen atoms in total. The highest BCUT2D eigenvalue weighted by atomic mass is 19.4. The molecule has 112 valence electrons. The highest BCUT2D eigenvalue weighted by molar-refractivity contribution is 5.73. The topological polar surface area (TPSA) is 38.7 Å². The second kappa shape index (κ2) is 5.51. The van der Waals surface area contributed by atoms with Gasteiger partial charge in [0, 0.05) is 11.6 Å². The van der Waals surface area contributed by atoms with Crippen LogP contribution in [0.25, 0.3) is 11.1 Å². The Bertz CT molecular complexity index is 653. The molecule has 0 fully saturated rings. The Morgan fingerprint density at radius 3 is 2.38 bits per heavy atom. The van der Waals surface area contributed by atoms with E-state index in [-0.39, 0.29) is 16.9 Å². The molecule has 0 bridgehead atoms. The monoisotopic (exact) mass is 302 g/mol. The molecule has 0 unspecified atom stereocenters. The minimum atomic E-state index is -4.89. The second-order valence-corrected chi connectivity index (χ2v) is 4.11. The number of aromatic hydroxyl groups is 1. The van der Waals surface area contributed by atoms with Crippen molar-refractivity contribution in [2.45, 2.75) is 6.36 Å². The standard InChI is InChI=1S/C14H10F4O3/c1-20-13-3-2-9(15)6-12(13)8-4-10(19)7-11(5-8)21-14(16,17)18/h2-7,19H,1H3. The number of alkyl halides is 3. The van der Waals surface area contributed by atoms with Crippen molar-refractivity contribution in [1.29, 1.82) is 0 Å². The fourth-order valence-electron chi connectivity index (χ4n) is 1.84. The molecule has 0 aliphatic carbocycles. The van der Waals surface area contributed by atoms with E-state index in [1.807, 2.05) is 0 Å². The Balaban J connectivity index is 2.52. The van der Waals surface area contributed by atoms with Gasteiger partial charge < -0.3 is 14.6 Å². The molecule has 0 aromatic heterocycles. The Morgan fingerprint density at radius 1 is 1.05 bits per heavy atom. The number of hydrogen-bond donors (Lipinski definition) is 1. The Hall–Kier alpha value is -2.44. The molecule has 2 aromatic carbocycles. The zero-order valence-corrected chi connectivity index (χ0v) is 10.7. The number of phenolic OH excluding ortho intramolecular Hbond substituents is 1. The second-order valence-electron chi connectivity index (χ2n) is 4.11. The molecule has 0 aliphatic rings.